The average Bonchev–Trinajstić information content (AvgIpc) is 2.49. The number of nitrogens with one attached hydrogen (secondary N) is 1. The maximum Gasteiger partial charge on any atom is 0.0221 e. The summed E-state index contributed by atoms with van der Waals surface area (Å²) in [6.07, 6.45) is 3.73. The Balaban J connectivity index is 1.78. The normalized spacial score (nSPS) is 25.6. The van der Waals surface area contributed by atoms with Crippen molar-refractivity contribution in [3.63, 3.8) is 0 Å². The molecular weight excluding hydrogens is 244 g/mol. The molecule has 1 aliphatic rings. The molecule has 0 aliphatic carbocycles. The molecular formula is C18H30N2. The van der Waals surface area contributed by atoms with Crippen LogP contribution in [0.25, 0.3) is 0 Å². The fraction of sp³-hybridized carbons (Fsp3) is 0.667. The molecule has 0 bridgehead atoms. The molecule has 0 radical (unpaired) electrons. The summed E-state index contributed by atoms with van der Waals surface area (Å²) in [4.78, 5) is 2.68. The van der Waals surface area contributed by atoms with Crippen molar-refractivity contribution in [3.8, 4) is 0 Å². The maximum atomic E-state index is 3.72. The summed E-state index contributed by atoms with van der Waals surface area (Å²) in [7, 11) is 0. The van der Waals surface area contributed by atoms with Crippen LogP contribution < -0.4 is 5.32 Å². The molecule has 3 atom stereocenters. The largest absolute Gasteiger partial charge is 0.311 e. The second-order valence-corrected chi connectivity index (χ2v) is 6.33. The third kappa shape index (κ3) is 4.32. The van der Waals surface area contributed by atoms with Crippen LogP contribution >= 0.6 is 0 Å². The Morgan fingerprint density at radius 3 is 2.75 bits per heavy atom. The van der Waals surface area contributed by atoms with Crippen molar-refractivity contribution in [1.82, 2.24) is 10.2 Å². The molecule has 2 heteroatoms. The highest BCUT2D eigenvalue weighted by atomic mass is 15.2. The van der Waals surface area contributed by atoms with Gasteiger partial charge in [0.15, 0.2) is 0 Å². The molecule has 20 heavy (non-hydrogen) atoms. The van der Waals surface area contributed by atoms with Gasteiger partial charge in [0.25, 0.3) is 0 Å². The van der Waals surface area contributed by atoms with Gasteiger partial charge in [-0.2, -0.15) is 0 Å². The van der Waals surface area contributed by atoms with Gasteiger partial charge in [-0.05, 0) is 37.8 Å². The molecule has 3 unspecified atom stereocenters. The lowest BCUT2D eigenvalue weighted by atomic mass is 9.95. The van der Waals surface area contributed by atoms with Gasteiger partial charge in [0, 0.05) is 25.2 Å². The van der Waals surface area contributed by atoms with E-state index in [1.165, 1.54) is 37.9 Å². The Morgan fingerprint density at radius 1 is 1.30 bits per heavy atom. The van der Waals surface area contributed by atoms with Crippen LogP contribution in [-0.4, -0.2) is 36.6 Å². The lowest BCUT2D eigenvalue weighted by Crippen LogP contribution is -2.57. The first-order valence-electron chi connectivity index (χ1n) is 8.22. The molecule has 1 fully saturated rings. The zero-order chi connectivity index (χ0) is 14.4. The van der Waals surface area contributed by atoms with Crippen LogP contribution in [0.2, 0.25) is 0 Å². The Labute approximate surface area is 124 Å². The summed E-state index contributed by atoms with van der Waals surface area (Å²) in [6.45, 7) is 10.6. The third-order valence-corrected chi connectivity index (χ3v) is 4.81. The molecule has 1 N–H and O–H groups in total. The number of benzene rings is 1. The van der Waals surface area contributed by atoms with Gasteiger partial charge in [0.05, 0.1) is 0 Å². The van der Waals surface area contributed by atoms with Gasteiger partial charge in [0.1, 0.15) is 0 Å². The van der Waals surface area contributed by atoms with E-state index in [0.717, 1.165) is 12.5 Å². The summed E-state index contributed by atoms with van der Waals surface area (Å²) in [5.41, 5.74) is 1.47. The van der Waals surface area contributed by atoms with Crippen LogP contribution in [0.5, 0.6) is 0 Å². The lowest BCUT2D eigenvalue weighted by Gasteiger charge is -2.41. The lowest BCUT2D eigenvalue weighted by molar-refractivity contribution is 0.117. The second-order valence-electron chi connectivity index (χ2n) is 6.33. The van der Waals surface area contributed by atoms with Crippen LogP contribution in [0.4, 0.5) is 0 Å². The molecule has 0 aromatic heterocycles. The van der Waals surface area contributed by atoms with E-state index >= 15 is 0 Å². The van der Waals surface area contributed by atoms with E-state index in [4.69, 9.17) is 0 Å². The van der Waals surface area contributed by atoms with Crippen molar-refractivity contribution < 1.29 is 0 Å². The highest BCUT2D eigenvalue weighted by Crippen LogP contribution is 2.16. The Bertz CT molecular complexity index is 376. The molecule has 0 spiro atoms. The smallest absolute Gasteiger partial charge is 0.0221 e. The van der Waals surface area contributed by atoms with Crippen molar-refractivity contribution in [2.45, 2.75) is 52.1 Å². The van der Waals surface area contributed by atoms with Gasteiger partial charge in [-0.15, -0.1) is 0 Å². The first-order chi connectivity index (χ1) is 9.70. The zero-order valence-electron chi connectivity index (χ0n) is 13.3. The number of hydrogen-bond donors (Lipinski definition) is 1. The zero-order valence-corrected chi connectivity index (χ0v) is 13.3. The van der Waals surface area contributed by atoms with Gasteiger partial charge < -0.3 is 5.32 Å². The topological polar surface area (TPSA) is 15.3 Å². The summed E-state index contributed by atoms with van der Waals surface area (Å²) in [5, 5.41) is 3.72. The van der Waals surface area contributed by atoms with E-state index < -0.39 is 0 Å². The Morgan fingerprint density at radius 2 is 2.05 bits per heavy atom. The second kappa shape index (κ2) is 7.80. The molecule has 1 aliphatic heterocycles. The SMILES string of the molecule is CCC(C)C1CN(CCCc2ccccc2)C(C)CN1. The van der Waals surface area contributed by atoms with Crippen LogP contribution in [0.1, 0.15) is 39.2 Å². The predicted octanol–water partition coefficient (Wildman–Crippen LogP) is 3.33. The summed E-state index contributed by atoms with van der Waals surface area (Å²) in [5.74, 6) is 0.777. The molecule has 2 rings (SSSR count). The van der Waals surface area contributed by atoms with Crippen LogP contribution in [0, 0.1) is 5.92 Å². The van der Waals surface area contributed by atoms with Gasteiger partial charge >= 0.3 is 0 Å². The number of aryl methyl sites for hydroxylation is 1. The number of piperazine rings is 1. The summed E-state index contributed by atoms with van der Waals surface area (Å²) < 4.78 is 0. The van der Waals surface area contributed by atoms with Gasteiger partial charge in [-0.1, -0.05) is 50.6 Å². The van der Waals surface area contributed by atoms with E-state index in [9.17, 15) is 0 Å². The van der Waals surface area contributed by atoms with Gasteiger partial charge in [-0.3, -0.25) is 4.90 Å². The van der Waals surface area contributed by atoms with E-state index in [-0.39, 0.29) is 0 Å². The minimum Gasteiger partial charge on any atom is -0.311 e. The molecule has 0 saturated carbocycles. The third-order valence-electron chi connectivity index (χ3n) is 4.81. The van der Waals surface area contributed by atoms with Crippen LogP contribution in [-0.2, 0) is 6.42 Å². The predicted molar refractivity (Wildman–Crippen MR) is 87.0 cm³/mol. The standard InChI is InChI=1S/C18H30N2/c1-4-15(2)18-14-20(16(3)13-19-18)12-8-11-17-9-6-5-7-10-17/h5-7,9-10,15-16,18-19H,4,8,11-14H2,1-3H3. The Hall–Kier alpha value is -0.860. The van der Waals surface area contributed by atoms with Crippen LogP contribution in [0.3, 0.4) is 0 Å². The minimum absolute atomic E-state index is 0.672. The first-order valence-corrected chi connectivity index (χ1v) is 8.22. The maximum absolute atomic E-state index is 3.72. The molecule has 1 aromatic rings. The summed E-state index contributed by atoms with van der Waals surface area (Å²) in [6, 6.07) is 12.2. The summed E-state index contributed by atoms with van der Waals surface area (Å²) >= 11 is 0. The van der Waals surface area contributed by atoms with Crippen molar-refractivity contribution in [2.24, 2.45) is 5.92 Å². The van der Waals surface area contributed by atoms with Crippen molar-refractivity contribution in [1.29, 1.82) is 0 Å². The van der Waals surface area contributed by atoms with E-state index in [2.05, 4.69) is 61.3 Å². The average molecular weight is 274 g/mol. The molecule has 112 valence electrons. The quantitative estimate of drug-likeness (QED) is 0.856. The molecule has 1 saturated heterocycles. The number of hydrogen-bond acceptors (Lipinski definition) is 2. The number of nitrogens with zero attached hydrogens (tertiary/aromatic N) is 1. The molecule has 1 heterocycles. The minimum atomic E-state index is 0.672. The van der Waals surface area contributed by atoms with Crippen molar-refractivity contribution in [3.05, 3.63) is 35.9 Å². The number of rotatable bonds is 6. The fourth-order valence-corrected chi connectivity index (χ4v) is 3.06. The monoisotopic (exact) mass is 274 g/mol. The van der Waals surface area contributed by atoms with Crippen molar-refractivity contribution >= 4 is 0 Å². The van der Waals surface area contributed by atoms with Crippen molar-refractivity contribution in [2.75, 3.05) is 19.6 Å². The Kier molecular flexibility index (Phi) is 6.06. The van der Waals surface area contributed by atoms with E-state index in [1.807, 2.05) is 0 Å². The fourth-order valence-electron chi connectivity index (χ4n) is 3.06. The molecule has 2 nitrogen and oxygen atoms in total. The molecule has 0 amide bonds. The van der Waals surface area contributed by atoms with Gasteiger partial charge in [0.2, 0.25) is 0 Å². The van der Waals surface area contributed by atoms with E-state index in [1.54, 1.807) is 0 Å². The van der Waals surface area contributed by atoms with E-state index in [0.29, 0.717) is 12.1 Å². The first kappa shape index (κ1) is 15.5. The van der Waals surface area contributed by atoms with Gasteiger partial charge in [-0.25, -0.2) is 0 Å². The van der Waals surface area contributed by atoms with Crippen LogP contribution in [0.15, 0.2) is 30.3 Å². The molecule has 1 aromatic carbocycles. The highest BCUT2D eigenvalue weighted by Gasteiger charge is 2.26. The highest BCUT2D eigenvalue weighted by molar-refractivity contribution is 5.14.